The molecule has 1 unspecified atom stereocenters. The van der Waals surface area contributed by atoms with Crippen molar-refractivity contribution in [2.45, 2.75) is 32.1 Å². The van der Waals surface area contributed by atoms with Gasteiger partial charge in [-0.1, -0.05) is 24.3 Å². The van der Waals surface area contributed by atoms with E-state index >= 15 is 0 Å². The van der Waals surface area contributed by atoms with Crippen molar-refractivity contribution >= 4 is 11.2 Å². The molecule has 1 aromatic carbocycles. The molecular weight excluding hydrogens is 246 g/mol. The maximum Gasteiger partial charge on any atom is 0.177 e. The molecule has 3 nitrogen and oxygen atoms in total. The predicted molar refractivity (Wildman–Crippen MR) is 79.8 cm³/mol. The van der Waals surface area contributed by atoms with Crippen molar-refractivity contribution in [3.63, 3.8) is 0 Å². The Morgan fingerprint density at radius 2 is 2.15 bits per heavy atom. The standard InChI is InChI=1S/C17H17N3/c1-11-9-15-17(18-10-11)20-16(19-15)14-8-4-6-12-5-2-3-7-13(12)14/h2-3,5,7,9-10,14H,4,6,8H2,1H3,(H,18,19,20). The molecule has 2 heterocycles. The minimum atomic E-state index is 0.384. The van der Waals surface area contributed by atoms with E-state index in [1.807, 2.05) is 6.20 Å². The normalized spacial score (nSPS) is 18.1. The van der Waals surface area contributed by atoms with Crippen LogP contribution in [0, 0.1) is 6.92 Å². The maximum atomic E-state index is 4.71. The summed E-state index contributed by atoms with van der Waals surface area (Å²) in [6.07, 6.45) is 5.45. The number of hydrogen-bond acceptors (Lipinski definition) is 2. The van der Waals surface area contributed by atoms with Gasteiger partial charge in [0.2, 0.25) is 0 Å². The van der Waals surface area contributed by atoms with Crippen LogP contribution in [-0.2, 0) is 6.42 Å². The molecule has 0 spiro atoms. The Kier molecular flexibility index (Phi) is 2.59. The number of fused-ring (bicyclic) bond motifs is 2. The second kappa shape index (κ2) is 4.44. The van der Waals surface area contributed by atoms with Crippen LogP contribution in [0.1, 0.15) is 41.3 Å². The highest BCUT2D eigenvalue weighted by molar-refractivity contribution is 5.71. The van der Waals surface area contributed by atoms with Gasteiger partial charge in [-0.2, -0.15) is 0 Å². The molecular formula is C17H17N3. The van der Waals surface area contributed by atoms with Gasteiger partial charge in [-0.05, 0) is 48.9 Å². The molecule has 2 aromatic heterocycles. The topological polar surface area (TPSA) is 41.6 Å². The Bertz CT molecular complexity index is 773. The van der Waals surface area contributed by atoms with Gasteiger partial charge in [-0.25, -0.2) is 9.97 Å². The van der Waals surface area contributed by atoms with Crippen LogP contribution in [0.15, 0.2) is 36.5 Å². The van der Waals surface area contributed by atoms with E-state index in [0.717, 1.165) is 29.0 Å². The van der Waals surface area contributed by atoms with Gasteiger partial charge in [0.15, 0.2) is 5.65 Å². The maximum absolute atomic E-state index is 4.71. The highest BCUT2D eigenvalue weighted by atomic mass is 15.0. The molecule has 4 rings (SSSR count). The average molecular weight is 263 g/mol. The molecule has 3 aromatic rings. The number of imidazole rings is 1. The zero-order chi connectivity index (χ0) is 13.5. The van der Waals surface area contributed by atoms with E-state index in [1.165, 1.54) is 24.0 Å². The van der Waals surface area contributed by atoms with E-state index in [4.69, 9.17) is 4.98 Å². The quantitative estimate of drug-likeness (QED) is 0.726. The Hall–Kier alpha value is -2.16. The Morgan fingerprint density at radius 3 is 3.10 bits per heavy atom. The lowest BCUT2D eigenvalue weighted by molar-refractivity contribution is 0.596. The summed E-state index contributed by atoms with van der Waals surface area (Å²) in [7, 11) is 0. The van der Waals surface area contributed by atoms with Gasteiger partial charge < -0.3 is 4.98 Å². The first-order valence-electron chi connectivity index (χ1n) is 7.21. The number of nitrogens with zero attached hydrogens (tertiary/aromatic N) is 2. The highest BCUT2D eigenvalue weighted by Gasteiger charge is 2.24. The van der Waals surface area contributed by atoms with Gasteiger partial charge in [0.1, 0.15) is 5.82 Å². The van der Waals surface area contributed by atoms with Crippen LogP contribution < -0.4 is 0 Å². The summed E-state index contributed by atoms with van der Waals surface area (Å²) in [5.41, 5.74) is 5.93. The molecule has 1 aliphatic rings. The van der Waals surface area contributed by atoms with E-state index < -0.39 is 0 Å². The molecule has 0 saturated carbocycles. The van der Waals surface area contributed by atoms with Crippen molar-refractivity contribution < 1.29 is 0 Å². The van der Waals surface area contributed by atoms with Crippen LogP contribution in [0.2, 0.25) is 0 Å². The Balaban J connectivity index is 1.84. The summed E-state index contributed by atoms with van der Waals surface area (Å²) in [4.78, 5) is 12.6. The predicted octanol–water partition coefficient (Wildman–Crippen LogP) is 3.73. The first-order valence-corrected chi connectivity index (χ1v) is 7.21. The molecule has 100 valence electrons. The van der Waals surface area contributed by atoms with E-state index in [0.29, 0.717) is 5.92 Å². The molecule has 1 N–H and O–H groups in total. The minimum absolute atomic E-state index is 0.384. The number of aryl methyl sites for hydroxylation is 2. The summed E-state index contributed by atoms with van der Waals surface area (Å²) >= 11 is 0. The molecule has 0 saturated heterocycles. The van der Waals surface area contributed by atoms with Crippen LogP contribution in [0.4, 0.5) is 0 Å². The number of aromatic amines is 1. The Labute approximate surface area is 118 Å². The zero-order valence-electron chi connectivity index (χ0n) is 11.6. The molecule has 20 heavy (non-hydrogen) atoms. The number of hydrogen-bond donors (Lipinski definition) is 1. The first kappa shape index (κ1) is 11.6. The Morgan fingerprint density at radius 1 is 1.25 bits per heavy atom. The van der Waals surface area contributed by atoms with Gasteiger partial charge >= 0.3 is 0 Å². The second-order valence-electron chi connectivity index (χ2n) is 5.65. The van der Waals surface area contributed by atoms with Crippen LogP contribution in [0.3, 0.4) is 0 Å². The van der Waals surface area contributed by atoms with Gasteiger partial charge in [0.05, 0.1) is 5.52 Å². The smallest absolute Gasteiger partial charge is 0.177 e. The average Bonchev–Trinajstić information content (AvgIpc) is 2.89. The number of benzene rings is 1. The monoisotopic (exact) mass is 263 g/mol. The molecule has 0 aliphatic heterocycles. The molecule has 0 radical (unpaired) electrons. The van der Waals surface area contributed by atoms with E-state index in [1.54, 1.807) is 0 Å². The number of rotatable bonds is 1. The highest BCUT2D eigenvalue weighted by Crippen LogP contribution is 2.35. The lowest BCUT2D eigenvalue weighted by Gasteiger charge is -2.23. The van der Waals surface area contributed by atoms with Gasteiger partial charge in [0.25, 0.3) is 0 Å². The number of H-pyrrole nitrogens is 1. The number of pyridine rings is 1. The lowest BCUT2D eigenvalue weighted by Crippen LogP contribution is -2.12. The summed E-state index contributed by atoms with van der Waals surface area (Å²) < 4.78 is 0. The fourth-order valence-electron chi connectivity index (χ4n) is 3.23. The SMILES string of the molecule is Cc1cnc2nc(C3CCCc4ccccc43)[nH]c2c1. The molecule has 0 fully saturated rings. The molecule has 0 amide bonds. The van der Waals surface area contributed by atoms with Crippen molar-refractivity contribution in [1.29, 1.82) is 0 Å². The molecule has 1 atom stereocenters. The van der Waals surface area contributed by atoms with Crippen molar-refractivity contribution in [2.75, 3.05) is 0 Å². The number of aromatic nitrogens is 3. The minimum Gasteiger partial charge on any atom is -0.340 e. The summed E-state index contributed by atoms with van der Waals surface area (Å²) in [5, 5.41) is 0. The van der Waals surface area contributed by atoms with Crippen molar-refractivity contribution in [2.24, 2.45) is 0 Å². The fourth-order valence-corrected chi connectivity index (χ4v) is 3.23. The molecule has 1 aliphatic carbocycles. The van der Waals surface area contributed by atoms with Crippen LogP contribution in [0.25, 0.3) is 11.2 Å². The molecule has 0 bridgehead atoms. The summed E-state index contributed by atoms with van der Waals surface area (Å²) in [5.74, 6) is 1.44. The summed E-state index contributed by atoms with van der Waals surface area (Å²) in [6.45, 7) is 2.06. The van der Waals surface area contributed by atoms with Gasteiger partial charge in [0, 0.05) is 12.1 Å². The van der Waals surface area contributed by atoms with E-state index in [2.05, 4.69) is 47.2 Å². The third-order valence-corrected chi connectivity index (χ3v) is 4.19. The van der Waals surface area contributed by atoms with Gasteiger partial charge in [-0.15, -0.1) is 0 Å². The van der Waals surface area contributed by atoms with Crippen LogP contribution >= 0.6 is 0 Å². The lowest BCUT2D eigenvalue weighted by atomic mass is 9.82. The van der Waals surface area contributed by atoms with Crippen LogP contribution in [0.5, 0.6) is 0 Å². The molecule has 3 heteroatoms. The van der Waals surface area contributed by atoms with E-state index in [-0.39, 0.29) is 0 Å². The largest absolute Gasteiger partial charge is 0.340 e. The first-order chi connectivity index (χ1) is 9.81. The third-order valence-electron chi connectivity index (χ3n) is 4.19. The second-order valence-corrected chi connectivity index (χ2v) is 5.65. The van der Waals surface area contributed by atoms with Crippen LogP contribution in [-0.4, -0.2) is 15.0 Å². The zero-order valence-corrected chi connectivity index (χ0v) is 11.6. The van der Waals surface area contributed by atoms with Gasteiger partial charge in [-0.3, -0.25) is 0 Å². The number of nitrogens with one attached hydrogen (secondary N) is 1. The van der Waals surface area contributed by atoms with Crippen molar-refractivity contribution in [1.82, 2.24) is 15.0 Å². The third kappa shape index (κ3) is 1.82. The van der Waals surface area contributed by atoms with E-state index in [9.17, 15) is 0 Å². The fraction of sp³-hybridized carbons (Fsp3) is 0.294. The van der Waals surface area contributed by atoms with Crippen molar-refractivity contribution in [3.8, 4) is 0 Å². The summed E-state index contributed by atoms with van der Waals surface area (Å²) in [6, 6.07) is 10.9. The van der Waals surface area contributed by atoms with Crippen molar-refractivity contribution in [3.05, 3.63) is 59.0 Å².